The van der Waals surface area contributed by atoms with Crippen LogP contribution in [0.2, 0.25) is 0 Å². The van der Waals surface area contributed by atoms with E-state index in [9.17, 15) is 9.90 Å². The first-order valence-corrected chi connectivity index (χ1v) is 7.15. The minimum atomic E-state index is -0.744. The average molecular weight is 299 g/mol. The fourth-order valence-electron chi connectivity index (χ4n) is 2.33. The Balaban J connectivity index is 1.53. The van der Waals surface area contributed by atoms with E-state index < -0.39 is 6.10 Å². The molecule has 0 radical (unpaired) electrons. The van der Waals surface area contributed by atoms with Crippen LogP contribution < -0.4 is 10.1 Å². The number of amides is 1. The maximum atomic E-state index is 11.7. The van der Waals surface area contributed by atoms with Gasteiger partial charge >= 0.3 is 0 Å². The molecule has 1 aromatic heterocycles. The van der Waals surface area contributed by atoms with Crippen LogP contribution in [0.4, 0.5) is 0 Å². The predicted octanol–water partition coefficient (Wildman–Crippen LogP) is 2.08. The predicted molar refractivity (Wildman–Crippen MR) is 81.4 cm³/mol. The lowest BCUT2D eigenvalue weighted by Gasteiger charge is -2.12. The lowest BCUT2D eigenvalue weighted by atomic mass is 10.0. The number of aliphatic hydroxyl groups is 1. The summed E-state index contributed by atoms with van der Waals surface area (Å²) in [5.41, 5.74) is 1.88. The lowest BCUT2D eigenvalue weighted by molar-refractivity contribution is -0.116. The van der Waals surface area contributed by atoms with E-state index in [2.05, 4.69) is 5.32 Å². The van der Waals surface area contributed by atoms with Gasteiger partial charge in [-0.3, -0.25) is 4.79 Å². The van der Waals surface area contributed by atoms with E-state index in [1.165, 1.54) is 6.08 Å². The topological polar surface area (TPSA) is 71.7 Å². The third-order valence-corrected chi connectivity index (χ3v) is 3.51. The van der Waals surface area contributed by atoms with Crippen molar-refractivity contribution in [2.45, 2.75) is 12.5 Å². The molecule has 1 aliphatic rings. The van der Waals surface area contributed by atoms with E-state index in [1.807, 2.05) is 18.2 Å². The number of furan rings is 1. The second kappa shape index (κ2) is 6.49. The van der Waals surface area contributed by atoms with Gasteiger partial charge in [0.2, 0.25) is 5.91 Å². The van der Waals surface area contributed by atoms with E-state index in [1.54, 1.807) is 24.5 Å². The number of rotatable bonds is 5. The summed E-state index contributed by atoms with van der Waals surface area (Å²) in [4.78, 5) is 11.7. The molecule has 5 heteroatoms. The zero-order chi connectivity index (χ0) is 15.4. The Kier molecular flexibility index (Phi) is 4.25. The first kappa shape index (κ1) is 14.4. The Morgan fingerprint density at radius 2 is 2.32 bits per heavy atom. The molecule has 0 saturated heterocycles. The SMILES string of the molecule is O=C(/C=C/c1ccco1)NC[C@@H](O)c1ccc2c(c1)CCO2. The zero-order valence-corrected chi connectivity index (χ0v) is 12.0. The number of carbonyl (C=O) groups excluding carboxylic acids is 1. The molecule has 2 aromatic rings. The summed E-state index contributed by atoms with van der Waals surface area (Å²) < 4.78 is 10.5. The van der Waals surface area contributed by atoms with Crippen LogP contribution >= 0.6 is 0 Å². The quantitative estimate of drug-likeness (QED) is 0.829. The third kappa shape index (κ3) is 3.38. The highest BCUT2D eigenvalue weighted by Gasteiger charge is 2.15. The van der Waals surface area contributed by atoms with Crippen LogP contribution in [-0.2, 0) is 11.2 Å². The van der Waals surface area contributed by atoms with Crippen LogP contribution in [0, 0.1) is 0 Å². The molecule has 0 unspecified atom stereocenters. The molecule has 1 atom stereocenters. The Morgan fingerprint density at radius 3 is 3.14 bits per heavy atom. The fraction of sp³-hybridized carbons (Fsp3) is 0.235. The van der Waals surface area contributed by atoms with Crippen molar-refractivity contribution < 1.29 is 19.1 Å². The van der Waals surface area contributed by atoms with Gasteiger partial charge in [-0.25, -0.2) is 0 Å². The Morgan fingerprint density at radius 1 is 1.41 bits per heavy atom. The van der Waals surface area contributed by atoms with Crippen molar-refractivity contribution in [3.05, 3.63) is 59.6 Å². The minimum Gasteiger partial charge on any atom is -0.493 e. The maximum absolute atomic E-state index is 11.7. The van der Waals surface area contributed by atoms with Crippen LogP contribution in [0.5, 0.6) is 5.75 Å². The van der Waals surface area contributed by atoms with Crippen LogP contribution in [0.3, 0.4) is 0 Å². The van der Waals surface area contributed by atoms with Crippen LogP contribution in [0.25, 0.3) is 6.08 Å². The van der Waals surface area contributed by atoms with E-state index in [0.29, 0.717) is 12.4 Å². The molecule has 0 bridgehead atoms. The molecule has 0 aliphatic carbocycles. The molecule has 0 spiro atoms. The van der Waals surface area contributed by atoms with Gasteiger partial charge in [0, 0.05) is 19.0 Å². The zero-order valence-electron chi connectivity index (χ0n) is 12.0. The smallest absolute Gasteiger partial charge is 0.244 e. The molecule has 1 aliphatic heterocycles. The van der Waals surface area contributed by atoms with Crippen molar-refractivity contribution >= 4 is 12.0 Å². The van der Waals surface area contributed by atoms with Gasteiger partial charge in [-0.1, -0.05) is 6.07 Å². The van der Waals surface area contributed by atoms with Gasteiger partial charge in [-0.05, 0) is 41.5 Å². The van der Waals surface area contributed by atoms with E-state index in [0.717, 1.165) is 23.3 Å². The number of benzene rings is 1. The second-order valence-electron chi connectivity index (χ2n) is 5.08. The lowest BCUT2D eigenvalue weighted by Crippen LogP contribution is -2.26. The summed E-state index contributed by atoms with van der Waals surface area (Å²) in [5, 5.41) is 12.8. The van der Waals surface area contributed by atoms with Crippen LogP contribution in [-0.4, -0.2) is 24.2 Å². The number of fused-ring (bicyclic) bond motifs is 1. The summed E-state index contributed by atoms with van der Waals surface area (Å²) in [6.07, 6.45) is 4.61. The fourth-order valence-corrected chi connectivity index (χ4v) is 2.33. The highest BCUT2D eigenvalue weighted by Crippen LogP contribution is 2.27. The van der Waals surface area contributed by atoms with Gasteiger partial charge in [0.15, 0.2) is 0 Å². The van der Waals surface area contributed by atoms with Crippen molar-refractivity contribution in [3.8, 4) is 5.75 Å². The average Bonchev–Trinajstić information content (AvgIpc) is 3.20. The normalized spacial score (nSPS) is 14.6. The monoisotopic (exact) mass is 299 g/mol. The van der Waals surface area contributed by atoms with E-state index in [4.69, 9.17) is 9.15 Å². The van der Waals surface area contributed by atoms with Crippen molar-refractivity contribution in [1.82, 2.24) is 5.32 Å². The molecule has 114 valence electrons. The number of nitrogens with one attached hydrogen (secondary N) is 1. The van der Waals surface area contributed by atoms with Gasteiger partial charge in [0.1, 0.15) is 11.5 Å². The molecule has 0 saturated carbocycles. The molecule has 5 nitrogen and oxygen atoms in total. The Labute approximate surface area is 128 Å². The molecule has 2 N–H and O–H groups in total. The molecule has 0 fully saturated rings. The van der Waals surface area contributed by atoms with E-state index in [-0.39, 0.29) is 12.5 Å². The molecule has 22 heavy (non-hydrogen) atoms. The Bertz CT molecular complexity index is 676. The van der Waals surface area contributed by atoms with Gasteiger partial charge in [-0.15, -0.1) is 0 Å². The number of hydrogen-bond acceptors (Lipinski definition) is 4. The summed E-state index contributed by atoms with van der Waals surface area (Å²) >= 11 is 0. The number of aliphatic hydroxyl groups excluding tert-OH is 1. The van der Waals surface area contributed by atoms with Crippen molar-refractivity contribution in [3.63, 3.8) is 0 Å². The first-order chi connectivity index (χ1) is 10.7. The highest BCUT2D eigenvalue weighted by atomic mass is 16.5. The number of carbonyl (C=O) groups is 1. The molecule has 2 heterocycles. The summed E-state index contributed by atoms with van der Waals surface area (Å²) in [7, 11) is 0. The van der Waals surface area contributed by atoms with E-state index >= 15 is 0 Å². The second-order valence-corrected chi connectivity index (χ2v) is 5.08. The summed E-state index contributed by atoms with van der Waals surface area (Å²) in [5.74, 6) is 1.20. The van der Waals surface area contributed by atoms with Crippen LogP contribution in [0.15, 0.2) is 47.1 Å². The Hall–Kier alpha value is -2.53. The molecule has 1 aromatic carbocycles. The van der Waals surface area contributed by atoms with Crippen molar-refractivity contribution in [2.75, 3.05) is 13.2 Å². The summed E-state index contributed by atoms with van der Waals surface area (Å²) in [6.45, 7) is 0.837. The van der Waals surface area contributed by atoms with Gasteiger partial charge in [0.05, 0.1) is 19.0 Å². The minimum absolute atomic E-state index is 0.154. The van der Waals surface area contributed by atoms with Crippen molar-refractivity contribution in [2.24, 2.45) is 0 Å². The van der Waals surface area contributed by atoms with Gasteiger partial charge in [-0.2, -0.15) is 0 Å². The molecule has 3 rings (SSSR count). The standard InChI is InChI=1S/C17H17NO4/c19-15(12-3-5-16-13(10-12)7-9-22-16)11-18-17(20)6-4-14-2-1-8-21-14/h1-6,8,10,15,19H,7,9,11H2,(H,18,20)/b6-4+/t15-/m1/s1. The number of hydrogen-bond donors (Lipinski definition) is 2. The number of ether oxygens (including phenoxy) is 1. The summed E-state index contributed by atoms with van der Waals surface area (Å²) in [6, 6.07) is 9.11. The van der Waals surface area contributed by atoms with Gasteiger partial charge < -0.3 is 19.6 Å². The molecular weight excluding hydrogens is 282 g/mol. The van der Waals surface area contributed by atoms with Gasteiger partial charge in [0.25, 0.3) is 0 Å². The highest BCUT2D eigenvalue weighted by molar-refractivity contribution is 5.91. The van der Waals surface area contributed by atoms with Crippen LogP contribution in [0.1, 0.15) is 23.0 Å². The maximum Gasteiger partial charge on any atom is 0.244 e. The molecule has 1 amide bonds. The van der Waals surface area contributed by atoms with Crippen molar-refractivity contribution in [1.29, 1.82) is 0 Å². The third-order valence-electron chi connectivity index (χ3n) is 3.51. The molecular formula is C17H17NO4. The largest absolute Gasteiger partial charge is 0.493 e. The first-order valence-electron chi connectivity index (χ1n) is 7.15.